The van der Waals surface area contributed by atoms with E-state index in [9.17, 15) is 26.3 Å². The Morgan fingerprint density at radius 2 is 1.47 bits per heavy atom. The molecule has 2 aliphatic rings. The molecule has 0 saturated heterocycles. The Bertz CT molecular complexity index is 742. The van der Waals surface area contributed by atoms with E-state index in [4.69, 9.17) is 21.1 Å². The van der Waals surface area contributed by atoms with Crippen LogP contribution in [0.2, 0.25) is 5.02 Å². The molecule has 182 valence electrons. The highest BCUT2D eigenvalue weighted by Crippen LogP contribution is 2.64. The maximum absolute atomic E-state index is 14.3. The molecule has 0 N–H and O–H groups in total. The zero-order valence-electron chi connectivity index (χ0n) is 17.9. The van der Waals surface area contributed by atoms with Gasteiger partial charge in [0, 0.05) is 19.4 Å². The van der Waals surface area contributed by atoms with Gasteiger partial charge in [0.1, 0.15) is 10.8 Å². The quantitative estimate of drug-likeness (QED) is 0.389. The number of rotatable bonds is 6. The van der Waals surface area contributed by atoms with Crippen molar-refractivity contribution in [1.82, 2.24) is 4.98 Å². The van der Waals surface area contributed by atoms with E-state index in [1.54, 1.807) is 0 Å². The zero-order chi connectivity index (χ0) is 23.6. The van der Waals surface area contributed by atoms with Crippen LogP contribution in [0.3, 0.4) is 0 Å². The standard InChI is InChI=1S/C22H28ClF6NO2/c1-31-13-17-19(23)18(11-12-30-17)32-16-9-7-15(8-10-16)20(21(24,25)26,22(27,28)29)14-5-3-2-4-6-14/h11-12,14-16H,2-10,13H2,1H3/t15-,16+. The van der Waals surface area contributed by atoms with Gasteiger partial charge in [-0.05, 0) is 50.4 Å². The predicted octanol–water partition coefficient (Wildman–Crippen LogP) is 7.51. The van der Waals surface area contributed by atoms with Gasteiger partial charge in [-0.3, -0.25) is 4.98 Å². The second kappa shape index (κ2) is 9.95. The van der Waals surface area contributed by atoms with E-state index in [2.05, 4.69) is 4.98 Å². The van der Waals surface area contributed by atoms with Crippen LogP contribution >= 0.6 is 11.6 Å². The first-order chi connectivity index (χ1) is 15.0. The zero-order valence-corrected chi connectivity index (χ0v) is 18.6. The summed E-state index contributed by atoms with van der Waals surface area (Å²) in [4.78, 5) is 4.08. The van der Waals surface area contributed by atoms with Crippen LogP contribution in [0.5, 0.6) is 5.75 Å². The Morgan fingerprint density at radius 3 is 2.00 bits per heavy atom. The van der Waals surface area contributed by atoms with E-state index in [-0.39, 0.29) is 50.2 Å². The van der Waals surface area contributed by atoms with Crippen molar-refractivity contribution in [3.05, 3.63) is 23.0 Å². The first-order valence-electron chi connectivity index (χ1n) is 10.9. The molecule has 1 aromatic heterocycles. The average Bonchev–Trinajstić information content (AvgIpc) is 2.71. The van der Waals surface area contributed by atoms with Crippen molar-refractivity contribution >= 4 is 11.6 Å². The minimum atomic E-state index is -5.35. The Kier molecular flexibility index (Phi) is 7.90. The molecule has 10 heteroatoms. The van der Waals surface area contributed by atoms with Crippen LogP contribution in [0.1, 0.15) is 63.5 Å². The summed E-state index contributed by atoms with van der Waals surface area (Å²) in [7, 11) is 1.48. The largest absolute Gasteiger partial charge is 0.489 e. The number of halogens is 7. The molecule has 0 amide bonds. The van der Waals surface area contributed by atoms with Crippen LogP contribution in [0.25, 0.3) is 0 Å². The van der Waals surface area contributed by atoms with E-state index >= 15 is 0 Å². The molecular weight excluding hydrogens is 460 g/mol. The van der Waals surface area contributed by atoms with Crippen molar-refractivity contribution in [1.29, 1.82) is 0 Å². The van der Waals surface area contributed by atoms with Crippen molar-refractivity contribution < 1.29 is 35.8 Å². The van der Waals surface area contributed by atoms with Crippen molar-refractivity contribution in [3.8, 4) is 5.75 Å². The lowest BCUT2D eigenvalue weighted by Gasteiger charge is -2.51. The number of aromatic nitrogens is 1. The van der Waals surface area contributed by atoms with E-state index in [1.165, 1.54) is 19.4 Å². The summed E-state index contributed by atoms with van der Waals surface area (Å²) < 4.78 is 96.5. The normalized spacial score (nSPS) is 23.9. The third kappa shape index (κ3) is 4.83. The summed E-state index contributed by atoms with van der Waals surface area (Å²) in [6.07, 6.45) is -8.52. The van der Waals surface area contributed by atoms with Crippen molar-refractivity contribution in [3.63, 3.8) is 0 Å². The SMILES string of the molecule is COCc1nccc(O[C@H]2CC[C@@H](C(C3CCCCC3)(C(F)(F)F)C(F)(F)F)CC2)c1Cl. The fourth-order valence-electron chi connectivity index (χ4n) is 5.59. The molecule has 0 aliphatic heterocycles. The van der Waals surface area contributed by atoms with E-state index < -0.39 is 35.7 Å². The monoisotopic (exact) mass is 487 g/mol. The third-order valence-electron chi connectivity index (χ3n) is 7.01. The molecule has 32 heavy (non-hydrogen) atoms. The molecule has 0 spiro atoms. The Labute approximate surface area is 188 Å². The minimum Gasteiger partial charge on any atom is -0.489 e. The van der Waals surface area contributed by atoms with Gasteiger partial charge in [-0.15, -0.1) is 0 Å². The highest BCUT2D eigenvalue weighted by Gasteiger charge is 2.76. The molecule has 2 saturated carbocycles. The van der Waals surface area contributed by atoms with E-state index in [0.29, 0.717) is 30.7 Å². The first-order valence-corrected chi connectivity index (χ1v) is 11.3. The van der Waals surface area contributed by atoms with Crippen molar-refractivity contribution in [2.45, 2.75) is 82.9 Å². The van der Waals surface area contributed by atoms with Crippen molar-refractivity contribution in [2.75, 3.05) is 7.11 Å². The molecule has 0 atom stereocenters. The summed E-state index contributed by atoms with van der Waals surface area (Å²) >= 11 is 6.26. The van der Waals surface area contributed by atoms with Crippen LogP contribution in [0, 0.1) is 17.3 Å². The number of pyridine rings is 1. The van der Waals surface area contributed by atoms with Gasteiger partial charge in [-0.2, -0.15) is 26.3 Å². The minimum absolute atomic E-state index is 0.0374. The van der Waals surface area contributed by atoms with Crippen LogP contribution in [-0.2, 0) is 11.3 Å². The molecule has 1 aromatic rings. The first kappa shape index (κ1) is 25.4. The van der Waals surface area contributed by atoms with Gasteiger partial charge >= 0.3 is 12.4 Å². The number of ether oxygens (including phenoxy) is 2. The van der Waals surface area contributed by atoms with Crippen LogP contribution in [0.4, 0.5) is 26.3 Å². The topological polar surface area (TPSA) is 31.4 Å². The van der Waals surface area contributed by atoms with Gasteiger partial charge < -0.3 is 9.47 Å². The molecule has 3 rings (SSSR count). The molecule has 1 heterocycles. The summed E-state index contributed by atoms with van der Waals surface area (Å²) in [5, 5.41) is 0.235. The third-order valence-corrected chi connectivity index (χ3v) is 7.41. The maximum Gasteiger partial charge on any atom is 0.403 e. The summed E-state index contributed by atoms with van der Waals surface area (Å²) in [5.74, 6) is -2.63. The van der Waals surface area contributed by atoms with Gasteiger partial charge in [0.05, 0.1) is 18.4 Å². The molecule has 0 bridgehead atoms. The molecule has 0 aromatic carbocycles. The Hall–Kier alpha value is -1.22. The number of nitrogens with zero attached hydrogens (tertiary/aromatic N) is 1. The number of methoxy groups -OCH3 is 1. The number of alkyl halides is 6. The fraction of sp³-hybridized carbons (Fsp3) is 0.773. The van der Waals surface area contributed by atoms with Crippen LogP contribution < -0.4 is 4.74 Å². The van der Waals surface area contributed by atoms with Crippen LogP contribution in [0.15, 0.2) is 12.3 Å². The average molecular weight is 488 g/mol. The second-order valence-corrected chi connectivity index (χ2v) is 9.17. The van der Waals surface area contributed by atoms with Gasteiger partial charge in [0.2, 0.25) is 0 Å². The number of hydrogen-bond acceptors (Lipinski definition) is 3. The van der Waals surface area contributed by atoms with E-state index in [0.717, 1.165) is 0 Å². The predicted molar refractivity (Wildman–Crippen MR) is 107 cm³/mol. The smallest absolute Gasteiger partial charge is 0.403 e. The van der Waals surface area contributed by atoms with Crippen molar-refractivity contribution in [2.24, 2.45) is 17.3 Å². The fourth-order valence-corrected chi connectivity index (χ4v) is 5.80. The Morgan fingerprint density at radius 1 is 0.906 bits per heavy atom. The highest BCUT2D eigenvalue weighted by molar-refractivity contribution is 6.32. The Balaban J connectivity index is 1.79. The van der Waals surface area contributed by atoms with Crippen LogP contribution in [-0.4, -0.2) is 30.6 Å². The molecule has 0 radical (unpaired) electrons. The van der Waals surface area contributed by atoms with Gasteiger partial charge in [-0.1, -0.05) is 30.9 Å². The maximum atomic E-state index is 14.3. The van der Waals surface area contributed by atoms with Gasteiger partial charge in [0.25, 0.3) is 0 Å². The molecule has 3 nitrogen and oxygen atoms in total. The second-order valence-electron chi connectivity index (χ2n) is 8.79. The lowest BCUT2D eigenvalue weighted by molar-refractivity contribution is -0.382. The summed E-state index contributed by atoms with van der Waals surface area (Å²) in [6.45, 7) is 0.157. The number of hydrogen-bond donors (Lipinski definition) is 0. The van der Waals surface area contributed by atoms with Gasteiger partial charge in [-0.25, -0.2) is 0 Å². The molecule has 0 unspecified atom stereocenters. The van der Waals surface area contributed by atoms with Gasteiger partial charge in [0.15, 0.2) is 5.41 Å². The molecular formula is C22H28ClF6NO2. The lowest BCUT2D eigenvalue weighted by atomic mass is 9.57. The lowest BCUT2D eigenvalue weighted by Crippen LogP contribution is -2.60. The summed E-state index contributed by atoms with van der Waals surface area (Å²) in [5.41, 5.74) is -3.21. The summed E-state index contributed by atoms with van der Waals surface area (Å²) in [6, 6.07) is 1.53. The molecule has 2 fully saturated rings. The highest BCUT2D eigenvalue weighted by atomic mass is 35.5. The molecule has 2 aliphatic carbocycles. The van der Waals surface area contributed by atoms with E-state index in [1.807, 2.05) is 0 Å².